The molecule has 25 heavy (non-hydrogen) atoms. The SMILES string of the molecule is O=C(CCCc1ccncc1)OCCOc1ccnc2ccccc12. The minimum absolute atomic E-state index is 0.197. The largest absolute Gasteiger partial charge is 0.489 e. The van der Waals surface area contributed by atoms with E-state index in [0.29, 0.717) is 13.0 Å². The lowest BCUT2D eigenvalue weighted by atomic mass is 10.1. The number of aryl methyl sites for hydroxylation is 1. The van der Waals surface area contributed by atoms with E-state index >= 15 is 0 Å². The molecule has 0 saturated heterocycles. The number of ether oxygens (including phenoxy) is 2. The molecule has 3 aromatic rings. The third-order valence-corrected chi connectivity index (χ3v) is 3.81. The van der Waals surface area contributed by atoms with Crippen molar-refractivity contribution in [2.45, 2.75) is 19.3 Å². The van der Waals surface area contributed by atoms with Gasteiger partial charge in [0.1, 0.15) is 19.0 Å². The van der Waals surface area contributed by atoms with Gasteiger partial charge in [-0.3, -0.25) is 14.8 Å². The van der Waals surface area contributed by atoms with Gasteiger partial charge in [-0.2, -0.15) is 0 Å². The van der Waals surface area contributed by atoms with Crippen molar-refractivity contribution in [3.05, 3.63) is 66.6 Å². The first-order chi connectivity index (χ1) is 12.3. The summed E-state index contributed by atoms with van der Waals surface area (Å²) in [4.78, 5) is 20.0. The fourth-order valence-corrected chi connectivity index (χ4v) is 2.56. The van der Waals surface area contributed by atoms with Gasteiger partial charge in [-0.1, -0.05) is 12.1 Å². The topological polar surface area (TPSA) is 61.3 Å². The van der Waals surface area contributed by atoms with Crippen molar-refractivity contribution in [2.24, 2.45) is 0 Å². The molecule has 0 aliphatic carbocycles. The second kappa shape index (κ2) is 8.78. The minimum Gasteiger partial charge on any atom is -0.489 e. The highest BCUT2D eigenvalue weighted by atomic mass is 16.6. The van der Waals surface area contributed by atoms with Crippen LogP contribution in [0.5, 0.6) is 5.75 Å². The van der Waals surface area contributed by atoms with Crippen LogP contribution < -0.4 is 4.74 Å². The molecule has 0 amide bonds. The molecule has 0 spiro atoms. The molecule has 2 aromatic heterocycles. The van der Waals surface area contributed by atoms with Crippen molar-refractivity contribution in [3.8, 4) is 5.75 Å². The van der Waals surface area contributed by atoms with Crippen LogP contribution in [0, 0.1) is 0 Å². The Bertz CT molecular complexity index is 816. The summed E-state index contributed by atoms with van der Waals surface area (Å²) < 4.78 is 10.9. The molecule has 0 aliphatic rings. The number of rotatable bonds is 8. The predicted octanol–water partition coefficient (Wildman–Crippen LogP) is 3.57. The lowest BCUT2D eigenvalue weighted by molar-refractivity contribution is -0.144. The zero-order valence-electron chi connectivity index (χ0n) is 13.9. The van der Waals surface area contributed by atoms with Gasteiger partial charge < -0.3 is 9.47 Å². The number of carbonyl (C=O) groups excluding carboxylic acids is 1. The monoisotopic (exact) mass is 336 g/mol. The van der Waals surface area contributed by atoms with E-state index in [0.717, 1.165) is 29.5 Å². The van der Waals surface area contributed by atoms with E-state index in [1.165, 1.54) is 5.56 Å². The van der Waals surface area contributed by atoms with E-state index < -0.39 is 0 Å². The first kappa shape index (κ1) is 16.9. The Hall–Kier alpha value is -2.95. The van der Waals surface area contributed by atoms with E-state index in [9.17, 15) is 4.79 Å². The maximum absolute atomic E-state index is 11.8. The van der Waals surface area contributed by atoms with Crippen LogP contribution in [0.1, 0.15) is 18.4 Å². The van der Waals surface area contributed by atoms with Crippen LogP contribution in [0.2, 0.25) is 0 Å². The molecule has 0 fully saturated rings. The second-order valence-electron chi connectivity index (χ2n) is 5.60. The number of para-hydroxylation sites is 1. The molecule has 0 aliphatic heterocycles. The smallest absolute Gasteiger partial charge is 0.305 e. The zero-order chi connectivity index (χ0) is 17.3. The molecule has 0 saturated carbocycles. The number of carbonyl (C=O) groups is 1. The third-order valence-electron chi connectivity index (χ3n) is 3.81. The Kier molecular flexibility index (Phi) is 5.93. The fourth-order valence-electron chi connectivity index (χ4n) is 2.56. The van der Waals surface area contributed by atoms with E-state index in [2.05, 4.69) is 9.97 Å². The lowest BCUT2D eigenvalue weighted by Crippen LogP contribution is -2.12. The van der Waals surface area contributed by atoms with Crippen LogP contribution in [-0.2, 0) is 16.0 Å². The maximum Gasteiger partial charge on any atom is 0.305 e. The molecule has 0 atom stereocenters. The minimum atomic E-state index is -0.197. The van der Waals surface area contributed by atoms with Gasteiger partial charge in [-0.25, -0.2) is 0 Å². The quantitative estimate of drug-likeness (QED) is 0.465. The molecule has 0 bridgehead atoms. The van der Waals surface area contributed by atoms with E-state index in [4.69, 9.17) is 9.47 Å². The van der Waals surface area contributed by atoms with Crippen LogP contribution >= 0.6 is 0 Å². The van der Waals surface area contributed by atoms with E-state index in [1.54, 1.807) is 18.6 Å². The van der Waals surface area contributed by atoms with Crippen LogP contribution in [0.4, 0.5) is 0 Å². The van der Waals surface area contributed by atoms with E-state index in [-0.39, 0.29) is 12.6 Å². The number of hydrogen-bond acceptors (Lipinski definition) is 5. The second-order valence-corrected chi connectivity index (χ2v) is 5.60. The number of hydrogen-bond donors (Lipinski definition) is 0. The first-order valence-electron chi connectivity index (χ1n) is 8.34. The average Bonchev–Trinajstić information content (AvgIpc) is 2.66. The Morgan fingerprint density at radius 1 is 0.960 bits per heavy atom. The van der Waals surface area contributed by atoms with Crippen LogP contribution in [0.25, 0.3) is 10.9 Å². The molecule has 0 unspecified atom stereocenters. The number of pyridine rings is 2. The predicted molar refractivity (Wildman–Crippen MR) is 95.4 cm³/mol. The van der Waals surface area contributed by atoms with Crippen molar-refractivity contribution < 1.29 is 14.3 Å². The number of nitrogens with zero attached hydrogens (tertiary/aromatic N) is 2. The molecule has 5 heteroatoms. The summed E-state index contributed by atoms with van der Waals surface area (Å²) >= 11 is 0. The Labute approximate surface area is 146 Å². The summed E-state index contributed by atoms with van der Waals surface area (Å²) in [5.41, 5.74) is 2.06. The number of fused-ring (bicyclic) bond motifs is 1. The summed E-state index contributed by atoms with van der Waals surface area (Å²) in [6.07, 6.45) is 7.24. The van der Waals surface area contributed by atoms with Crippen LogP contribution in [0.3, 0.4) is 0 Å². The third kappa shape index (κ3) is 5.01. The summed E-state index contributed by atoms with van der Waals surface area (Å²) in [5, 5.41) is 0.952. The van der Waals surface area contributed by atoms with Crippen molar-refractivity contribution >= 4 is 16.9 Å². The van der Waals surface area contributed by atoms with Gasteiger partial charge in [0, 0.05) is 30.4 Å². The normalized spacial score (nSPS) is 10.6. The van der Waals surface area contributed by atoms with Crippen LogP contribution in [0.15, 0.2) is 61.1 Å². The molecule has 3 rings (SSSR count). The highest BCUT2D eigenvalue weighted by Crippen LogP contribution is 2.23. The Morgan fingerprint density at radius 3 is 2.68 bits per heavy atom. The molecule has 2 heterocycles. The van der Waals surface area contributed by atoms with Gasteiger partial charge in [0.2, 0.25) is 0 Å². The van der Waals surface area contributed by atoms with E-state index in [1.807, 2.05) is 42.5 Å². The summed E-state index contributed by atoms with van der Waals surface area (Å²) in [7, 11) is 0. The van der Waals surface area contributed by atoms with Crippen LogP contribution in [-0.4, -0.2) is 29.2 Å². The first-order valence-corrected chi connectivity index (χ1v) is 8.34. The molecule has 1 aromatic carbocycles. The van der Waals surface area contributed by atoms with Gasteiger partial charge >= 0.3 is 5.97 Å². The van der Waals surface area contributed by atoms with Crippen molar-refractivity contribution in [1.29, 1.82) is 0 Å². The van der Waals surface area contributed by atoms with Gasteiger partial charge in [0.05, 0.1) is 5.52 Å². The summed E-state index contributed by atoms with van der Waals surface area (Å²) in [5.74, 6) is 0.552. The maximum atomic E-state index is 11.8. The van der Waals surface area contributed by atoms with Gasteiger partial charge in [0.25, 0.3) is 0 Å². The lowest BCUT2D eigenvalue weighted by Gasteiger charge is -2.09. The van der Waals surface area contributed by atoms with Crippen molar-refractivity contribution in [2.75, 3.05) is 13.2 Å². The highest BCUT2D eigenvalue weighted by Gasteiger charge is 2.05. The number of esters is 1. The Balaban J connectivity index is 1.37. The summed E-state index contributed by atoms with van der Waals surface area (Å²) in [6, 6.07) is 13.5. The van der Waals surface area contributed by atoms with Crippen molar-refractivity contribution in [3.63, 3.8) is 0 Å². The van der Waals surface area contributed by atoms with Gasteiger partial charge in [-0.15, -0.1) is 0 Å². The van der Waals surface area contributed by atoms with Gasteiger partial charge in [-0.05, 0) is 48.7 Å². The van der Waals surface area contributed by atoms with Gasteiger partial charge in [0.15, 0.2) is 0 Å². The molecular formula is C20H20N2O3. The Morgan fingerprint density at radius 2 is 1.80 bits per heavy atom. The molecular weight excluding hydrogens is 316 g/mol. The standard InChI is InChI=1S/C20H20N2O3/c23-20(7-3-4-16-8-11-21-12-9-16)25-15-14-24-19-10-13-22-18-6-2-1-5-17(18)19/h1-2,5-6,8-13H,3-4,7,14-15H2. The number of benzene rings is 1. The average molecular weight is 336 g/mol. The highest BCUT2D eigenvalue weighted by molar-refractivity contribution is 5.84. The molecule has 5 nitrogen and oxygen atoms in total. The summed E-state index contributed by atoms with van der Waals surface area (Å²) in [6.45, 7) is 0.564. The zero-order valence-corrected chi connectivity index (χ0v) is 13.9. The molecule has 0 radical (unpaired) electrons. The molecule has 128 valence electrons. The fraction of sp³-hybridized carbons (Fsp3) is 0.250. The molecule has 0 N–H and O–H groups in total. The number of aromatic nitrogens is 2. The van der Waals surface area contributed by atoms with Crippen molar-refractivity contribution in [1.82, 2.24) is 9.97 Å².